The van der Waals surface area contributed by atoms with E-state index in [1.807, 2.05) is 27.7 Å². The van der Waals surface area contributed by atoms with Crippen LogP contribution >= 0.6 is 12.2 Å². The zero-order chi connectivity index (χ0) is 16.4. The summed E-state index contributed by atoms with van der Waals surface area (Å²) < 4.78 is 26.7. The fourth-order valence-electron chi connectivity index (χ4n) is 1.90. The van der Waals surface area contributed by atoms with Crippen LogP contribution in [0.1, 0.15) is 33.3 Å². The van der Waals surface area contributed by atoms with Gasteiger partial charge in [-0.3, -0.25) is 0 Å². The van der Waals surface area contributed by atoms with E-state index in [0.29, 0.717) is 11.4 Å². The van der Waals surface area contributed by atoms with Crippen LogP contribution in [0.2, 0.25) is 0 Å². The molecule has 0 saturated carbocycles. The molecule has 0 fully saturated rings. The van der Waals surface area contributed by atoms with E-state index in [2.05, 4.69) is 0 Å². The molecule has 0 spiro atoms. The molecule has 118 valence electrons. The van der Waals surface area contributed by atoms with E-state index in [4.69, 9.17) is 18.0 Å². The van der Waals surface area contributed by atoms with Crippen LogP contribution < -0.4 is 5.73 Å². The summed E-state index contributed by atoms with van der Waals surface area (Å²) in [7, 11) is -1.88. The molecule has 1 aromatic carbocycles. The minimum Gasteiger partial charge on any atom is -0.393 e. The average Bonchev–Trinajstić information content (AvgIpc) is 2.35. The van der Waals surface area contributed by atoms with Crippen LogP contribution in [0.5, 0.6) is 0 Å². The van der Waals surface area contributed by atoms with E-state index in [1.54, 1.807) is 31.3 Å². The van der Waals surface area contributed by atoms with Crippen LogP contribution in [0, 0.1) is 5.41 Å². The summed E-state index contributed by atoms with van der Waals surface area (Å²) in [6.07, 6.45) is 0.476. The first-order chi connectivity index (χ1) is 9.46. The molecule has 6 heteroatoms. The maximum Gasteiger partial charge on any atom is 0.243 e. The third kappa shape index (κ3) is 4.49. The first kappa shape index (κ1) is 18.1. The predicted molar refractivity (Wildman–Crippen MR) is 90.8 cm³/mol. The van der Waals surface area contributed by atoms with Crippen LogP contribution in [-0.2, 0) is 16.4 Å². The van der Waals surface area contributed by atoms with Gasteiger partial charge >= 0.3 is 0 Å². The van der Waals surface area contributed by atoms with Gasteiger partial charge in [0.15, 0.2) is 0 Å². The van der Waals surface area contributed by atoms with E-state index in [0.717, 1.165) is 5.56 Å². The van der Waals surface area contributed by atoms with E-state index >= 15 is 0 Å². The molecule has 1 rings (SSSR count). The number of sulfonamides is 1. The molecule has 0 aliphatic heterocycles. The molecule has 1 aromatic rings. The van der Waals surface area contributed by atoms with Crippen molar-refractivity contribution in [2.24, 2.45) is 11.1 Å². The van der Waals surface area contributed by atoms with Gasteiger partial charge in [-0.1, -0.05) is 45.1 Å². The highest BCUT2D eigenvalue weighted by molar-refractivity contribution is 7.89. The molecule has 0 amide bonds. The fraction of sp³-hybridized carbons (Fsp3) is 0.533. The number of rotatable bonds is 5. The highest BCUT2D eigenvalue weighted by Crippen LogP contribution is 2.27. The Kier molecular flexibility index (Phi) is 5.52. The van der Waals surface area contributed by atoms with Gasteiger partial charge in [0, 0.05) is 19.5 Å². The predicted octanol–water partition coefficient (Wildman–Crippen LogP) is 2.57. The van der Waals surface area contributed by atoms with Gasteiger partial charge in [0.2, 0.25) is 10.0 Å². The molecule has 0 aliphatic carbocycles. The third-order valence-corrected chi connectivity index (χ3v) is 5.86. The van der Waals surface area contributed by atoms with Crippen molar-refractivity contribution in [3.8, 4) is 0 Å². The van der Waals surface area contributed by atoms with E-state index < -0.39 is 10.0 Å². The number of hydrogen-bond acceptors (Lipinski definition) is 3. The number of hydrogen-bond donors (Lipinski definition) is 1. The van der Waals surface area contributed by atoms with Gasteiger partial charge in [-0.05, 0) is 30.0 Å². The standard InChI is InChI=1S/C15H24N2O2S2/c1-11(15(2,3)4)17(5)21(18,19)13-8-6-12(7-9-13)10-14(16)20/h6-9,11H,10H2,1-5H3,(H2,16,20). The van der Waals surface area contributed by atoms with Gasteiger partial charge in [0.1, 0.15) is 0 Å². The number of nitrogens with zero attached hydrogens (tertiary/aromatic N) is 1. The van der Waals surface area contributed by atoms with Crippen molar-refractivity contribution in [1.29, 1.82) is 0 Å². The van der Waals surface area contributed by atoms with Crippen LogP contribution in [0.3, 0.4) is 0 Å². The average molecular weight is 329 g/mol. The van der Waals surface area contributed by atoms with Crippen LogP contribution in [0.15, 0.2) is 29.2 Å². The van der Waals surface area contributed by atoms with Crippen molar-refractivity contribution in [2.45, 2.75) is 45.1 Å². The SMILES string of the molecule is CC(N(C)S(=O)(=O)c1ccc(CC(N)=S)cc1)C(C)(C)C. The van der Waals surface area contributed by atoms with E-state index in [-0.39, 0.29) is 16.4 Å². The summed E-state index contributed by atoms with van der Waals surface area (Å²) >= 11 is 4.85. The first-order valence-electron chi connectivity index (χ1n) is 6.81. The Bertz CT molecular complexity index is 602. The number of thiocarbonyl (C=S) groups is 1. The molecular formula is C15H24N2O2S2. The first-order valence-corrected chi connectivity index (χ1v) is 8.66. The van der Waals surface area contributed by atoms with Crippen molar-refractivity contribution < 1.29 is 8.42 Å². The summed E-state index contributed by atoms with van der Waals surface area (Å²) in [6, 6.07) is 6.60. The Morgan fingerprint density at radius 2 is 1.76 bits per heavy atom. The number of benzene rings is 1. The van der Waals surface area contributed by atoms with Gasteiger partial charge in [-0.25, -0.2) is 8.42 Å². The zero-order valence-electron chi connectivity index (χ0n) is 13.3. The second-order valence-electron chi connectivity index (χ2n) is 6.35. The van der Waals surface area contributed by atoms with Crippen molar-refractivity contribution in [2.75, 3.05) is 7.05 Å². The Balaban J connectivity index is 3.05. The van der Waals surface area contributed by atoms with E-state index in [1.165, 1.54) is 4.31 Å². The molecule has 0 bridgehead atoms. The lowest BCUT2D eigenvalue weighted by molar-refractivity contribution is 0.216. The summed E-state index contributed by atoms with van der Waals surface area (Å²) in [5.74, 6) is 0. The summed E-state index contributed by atoms with van der Waals surface area (Å²) in [5, 5.41) is 0. The van der Waals surface area contributed by atoms with Crippen molar-refractivity contribution in [3.63, 3.8) is 0 Å². The summed E-state index contributed by atoms with van der Waals surface area (Å²) in [5.41, 5.74) is 6.27. The zero-order valence-corrected chi connectivity index (χ0v) is 14.9. The summed E-state index contributed by atoms with van der Waals surface area (Å²) in [6.45, 7) is 7.98. The highest BCUT2D eigenvalue weighted by Gasteiger charge is 2.32. The fourth-order valence-corrected chi connectivity index (χ4v) is 3.61. The van der Waals surface area contributed by atoms with Crippen molar-refractivity contribution >= 4 is 27.2 Å². The Morgan fingerprint density at radius 3 is 2.14 bits per heavy atom. The maximum absolute atomic E-state index is 12.6. The lowest BCUT2D eigenvalue weighted by atomic mass is 9.88. The molecule has 0 aliphatic rings. The van der Waals surface area contributed by atoms with Gasteiger partial charge in [-0.15, -0.1) is 0 Å². The van der Waals surface area contributed by atoms with Crippen molar-refractivity contribution in [3.05, 3.63) is 29.8 Å². The second kappa shape index (κ2) is 6.42. The number of nitrogens with two attached hydrogens (primary N) is 1. The second-order valence-corrected chi connectivity index (χ2v) is 8.87. The molecule has 4 nitrogen and oxygen atoms in total. The topological polar surface area (TPSA) is 63.4 Å². The Labute approximate surface area is 133 Å². The van der Waals surface area contributed by atoms with Crippen LogP contribution in [-0.4, -0.2) is 30.8 Å². The van der Waals surface area contributed by atoms with Gasteiger partial charge < -0.3 is 5.73 Å². The minimum atomic E-state index is -3.50. The molecule has 2 N–H and O–H groups in total. The highest BCUT2D eigenvalue weighted by atomic mass is 32.2. The lowest BCUT2D eigenvalue weighted by Crippen LogP contribution is -2.42. The Hall–Kier alpha value is -0.980. The van der Waals surface area contributed by atoms with Crippen LogP contribution in [0.4, 0.5) is 0 Å². The smallest absolute Gasteiger partial charge is 0.243 e. The molecule has 0 aromatic heterocycles. The normalized spacial score (nSPS) is 14.2. The van der Waals surface area contributed by atoms with Gasteiger partial charge in [-0.2, -0.15) is 4.31 Å². The van der Waals surface area contributed by atoms with Crippen molar-refractivity contribution in [1.82, 2.24) is 4.31 Å². The molecule has 0 saturated heterocycles. The van der Waals surface area contributed by atoms with Gasteiger partial charge in [0.05, 0.1) is 9.88 Å². The molecule has 1 unspecified atom stereocenters. The Morgan fingerprint density at radius 1 is 1.29 bits per heavy atom. The molecule has 0 heterocycles. The quantitative estimate of drug-likeness (QED) is 0.844. The maximum atomic E-state index is 12.6. The molecule has 1 atom stereocenters. The third-order valence-electron chi connectivity index (χ3n) is 3.78. The molecular weight excluding hydrogens is 304 g/mol. The molecule has 0 radical (unpaired) electrons. The lowest BCUT2D eigenvalue weighted by Gasteiger charge is -2.34. The monoisotopic (exact) mass is 328 g/mol. The summed E-state index contributed by atoms with van der Waals surface area (Å²) in [4.78, 5) is 0.678. The molecule has 21 heavy (non-hydrogen) atoms. The van der Waals surface area contributed by atoms with Crippen LogP contribution in [0.25, 0.3) is 0 Å². The minimum absolute atomic E-state index is 0.112. The largest absolute Gasteiger partial charge is 0.393 e. The van der Waals surface area contributed by atoms with Gasteiger partial charge in [0.25, 0.3) is 0 Å². The van der Waals surface area contributed by atoms with E-state index in [9.17, 15) is 8.42 Å².